The summed E-state index contributed by atoms with van der Waals surface area (Å²) in [5, 5.41) is 9.06. The highest BCUT2D eigenvalue weighted by Gasteiger charge is 2.17. The number of nitrogens with zero attached hydrogens (tertiary/aromatic N) is 1. The van der Waals surface area contributed by atoms with Gasteiger partial charge < -0.3 is 5.11 Å². The quantitative estimate of drug-likeness (QED) is 0.262. The van der Waals surface area contributed by atoms with Gasteiger partial charge in [0.1, 0.15) is 0 Å². The molecule has 0 aliphatic rings. The molecule has 0 saturated heterocycles. The van der Waals surface area contributed by atoms with Gasteiger partial charge in [-0.05, 0) is 22.6 Å². The Bertz CT molecular complexity index is 165. The van der Waals surface area contributed by atoms with Crippen LogP contribution < -0.4 is 0 Å². The number of halogens is 1. The minimum absolute atomic E-state index is 0.583. The average Bonchev–Trinajstić information content (AvgIpc) is 1.88. The molecule has 1 unspecified atom stereocenters. The van der Waals surface area contributed by atoms with Crippen molar-refractivity contribution in [3.05, 3.63) is 0 Å². The number of amides is 1. The highest BCUT2D eigenvalue weighted by atomic mass is 127. The summed E-state index contributed by atoms with van der Waals surface area (Å²) in [4.78, 5) is 14.7. The predicted molar refractivity (Wildman–Crippen MR) is 43.5 cm³/mol. The molecular weight excluding hydrogens is 249 g/mol. The van der Waals surface area contributed by atoms with Crippen LogP contribution in [-0.4, -0.2) is 27.4 Å². The molecule has 4 nitrogen and oxygen atoms in total. The van der Waals surface area contributed by atoms with Gasteiger partial charge in [0.25, 0.3) is 0 Å². The van der Waals surface area contributed by atoms with E-state index in [9.17, 15) is 4.79 Å². The van der Waals surface area contributed by atoms with Crippen LogP contribution in [-0.2, 0) is 4.84 Å². The number of carboxylic acid groups (broad SMARTS) is 1. The number of hydroxylamine groups is 2. The Kier molecular flexibility index (Phi) is 4.14. The maximum atomic E-state index is 10.2. The molecule has 1 amide bonds. The zero-order chi connectivity index (χ0) is 8.15. The van der Waals surface area contributed by atoms with Crippen LogP contribution >= 0.6 is 22.6 Å². The van der Waals surface area contributed by atoms with E-state index in [0.29, 0.717) is 5.06 Å². The van der Waals surface area contributed by atoms with Crippen molar-refractivity contribution in [1.29, 1.82) is 0 Å². The lowest BCUT2D eigenvalue weighted by Crippen LogP contribution is -2.33. The second-order valence-electron chi connectivity index (χ2n) is 1.29. The van der Waals surface area contributed by atoms with E-state index in [2.05, 4.69) is 10.8 Å². The van der Waals surface area contributed by atoms with Gasteiger partial charge in [-0.25, -0.2) is 4.79 Å². The number of rotatable bonds is 2. The Morgan fingerprint density at radius 3 is 2.60 bits per heavy atom. The van der Waals surface area contributed by atoms with E-state index in [4.69, 9.17) is 11.5 Å². The largest absolute Gasteiger partial charge is 0.463 e. The summed E-state index contributed by atoms with van der Waals surface area (Å²) in [7, 11) is 1.25. The van der Waals surface area contributed by atoms with Gasteiger partial charge in [0.15, 0.2) is 4.05 Å². The van der Waals surface area contributed by atoms with E-state index in [-0.39, 0.29) is 0 Å². The lowest BCUT2D eigenvalue weighted by Gasteiger charge is -2.16. The number of terminal acetylenes is 1. The monoisotopic (exact) mass is 255 g/mol. The molecule has 0 spiro atoms. The molecule has 0 aromatic rings. The van der Waals surface area contributed by atoms with Crippen LogP contribution in [0, 0.1) is 12.3 Å². The lowest BCUT2D eigenvalue weighted by molar-refractivity contribution is -0.0967. The van der Waals surface area contributed by atoms with Crippen LogP contribution in [0.3, 0.4) is 0 Å². The first-order chi connectivity index (χ1) is 4.63. The molecule has 1 N–H and O–H groups in total. The molecule has 56 valence electrons. The normalized spacial score (nSPS) is 11.7. The van der Waals surface area contributed by atoms with Gasteiger partial charge in [0, 0.05) is 0 Å². The third-order valence-electron chi connectivity index (χ3n) is 0.729. The molecule has 0 radical (unpaired) electrons. The van der Waals surface area contributed by atoms with Crippen LogP contribution in [0.5, 0.6) is 0 Å². The van der Waals surface area contributed by atoms with Crippen molar-refractivity contribution in [3.63, 3.8) is 0 Å². The zero-order valence-electron chi connectivity index (χ0n) is 5.24. The lowest BCUT2D eigenvalue weighted by atomic mass is 10.7. The number of hydrogen-bond acceptors (Lipinski definition) is 2. The zero-order valence-corrected chi connectivity index (χ0v) is 7.40. The summed E-state index contributed by atoms with van der Waals surface area (Å²) in [5.41, 5.74) is 0. The van der Waals surface area contributed by atoms with E-state index >= 15 is 0 Å². The van der Waals surface area contributed by atoms with Crippen LogP contribution in [0.1, 0.15) is 0 Å². The SMILES string of the molecule is C#CC(I)N(OC)C(=O)O. The standard InChI is InChI=1S/C5H6INO3/c1-3-4(6)7(10-2)5(8)9/h1,4H,2H3,(H,8,9). The number of alkyl halides is 1. The molecule has 0 fully saturated rings. The molecule has 0 aliphatic carbocycles. The molecule has 0 saturated carbocycles. The summed E-state index contributed by atoms with van der Waals surface area (Å²) < 4.78 is -0.583. The molecule has 0 heterocycles. The molecule has 10 heavy (non-hydrogen) atoms. The smallest absolute Gasteiger partial charge is 0.433 e. The van der Waals surface area contributed by atoms with Gasteiger partial charge >= 0.3 is 6.09 Å². The Morgan fingerprint density at radius 1 is 2.00 bits per heavy atom. The first-order valence-corrected chi connectivity index (χ1v) is 3.54. The molecule has 0 aliphatic heterocycles. The number of hydrogen-bond donors (Lipinski definition) is 1. The summed E-state index contributed by atoms with van der Waals surface area (Å²) in [6.07, 6.45) is 3.75. The average molecular weight is 255 g/mol. The molecular formula is C5H6INO3. The van der Waals surface area contributed by atoms with Crippen molar-refractivity contribution in [2.24, 2.45) is 0 Å². The Labute approximate surface area is 72.2 Å². The van der Waals surface area contributed by atoms with Gasteiger partial charge in [0.05, 0.1) is 7.11 Å². The molecule has 0 bridgehead atoms. The summed E-state index contributed by atoms with van der Waals surface area (Å²) in [5.74, 6) is 2.20. The maximum absolute atomic E-state index is 10.2. The van der Waals surface area contributed by atoms with Crippen molar-refractivity contribution in [1.82, 2.24) is 5.06 Å². The van der Waals surface area contributed by atoms with Crippen LogP contribution in [0.25, 0.3) is 0 Å². The Hall–Kier alpha value is -0.480. The Morgan fingerprint density at radius 2 is 2.50 bits per heavy atom. The van der Waals surface area contributed by atoms with Crippen LogP contribution in [0.4, 0.5) is 4.79 Å². The first kappa shape index (κ1) is 9.52. The second kappa shape index (κ2) is 4.35. The third kappa shape index (κ3) is 2.41. The van der Waals surface area contributed by atoms with E-state index in [1.807, 2.05) is 0 Å². The van der Waals surface area contributed by atoms with Crippen LogP contribution in [0.2, 0.25) is 0 Å². The fourth-order valence-corrected chi connectivity index (χ4v) is 0.801. The van der Waals surface area contributed by atoms with Gasteiger partial charge in [-0.1, -0.05) is 5.92 Å². The van der Waals surface area contributed by atoms with Crippen molar-refractivity contribution >= 4 is 28.7 Å². The minimum Gasteiger partial charge on any atom is -0.463 e. The molecule has 0 rings (SSSR count). The number of carbonyl (C=O) groups is 1. The van der Waals surface area contributed by atoms with Crippen molar-refractivity contribution in [3.8, 4) is 12.3 Å². The molecule has 5 heteroatoms. The van der Waals surface area contributed by atoms with Gasteiger partial charge in [-0.3, -0.25) is 4.84 Å². The van der Waals surface area contributed by atoms with Gasteiger partial charge in [0.2, 0.25) is 0 Å². The minimum atomic E-state index is -1.19. The molecule has 1 atom stereocenters. The fourth-order valence-electron chi connectivity index (χ4n) is 0.335. The van der Waals surface area contributed by atoms with E-state index in [1.54, 1.807) is 22.6 Å². The summed E-state index contributed by atoms with van der Waals surface area (Å²) in [6.45, 7) is 0. The van der Waals surface area contributed by atoms with Gasteiger partial charge in [-0.15, -0.1) is 6.42 Å². The first-order valence-electron chi connectivity index (χ1n) is 2.30. The summed E-state index contributed by atoms with van der Waals surface area (Å²) >= 11 is 1.77. The topological polar surface area (TPSA) is 49.8 Å². The molecule has 0 aromatic carbocycles. The fraction of sp³-hybridized carbons (Fsp3) is 0.400. The third-order valence-corrected chi connectivity index (χ3v) is 1.59. The highest BCUT2D eigenvalue weighted by Crippen LogP contribution is 2.06. The highest BCUT2D eigenvalue weighted by molar-refractivity contribution is 14.1. The Balaban J connectivity index is 4.09. The molecule has 0 aromatic heterocycles. The van der Waals surface area contributed by atoms with Crippen molar-refractivity contribution < 1.29 is 14.7 Å². The summed E-state index contributed by atoms with van der Waals surface area (Å²) in [6, 6.07) is 0. The predicted octanol–water partition coefficient (Wildman–Crippen LogP) is 0.922. The van der Waals surface area contributed by atoms with E-state index in [1.165, 1.54) is 7.11 Å². The van der Waals surface area contributed by atoms with E-state index in [0.717, 1.165) is 0 Å². The van der Waals surface area contributed by atoms with Crippen LogP contribution in [0.15, 0.2) is 0 Å². The van der Waals surface area contributed by atoms with E-state index < -0.39 is 10.1 Å². The van der Waals surface area contributed by atoms with Crippen molar-refractivity contribution in [2.75, 3.05) is 7.11 Å². The van der Waals surface area contributed by atoms with Gasteiger partial charge in [-0.2, -0.15) is 5.06 Å². The second-order valence-corrected chi connectivity index (χ2v) is 2.47. The maximum Gasteiger partial charge on any atom is 0.433 e. The van der Waals surface area contributed by atoms with Crippen molar-refractivity contribution in [2.45, 2.75) is 4.05 Å².